The van der Waals surface area contributed by atoms with Gasteiger partial charge in [0.2, 0.25) is 10.0 Å². The van der Waals surface area contributed by atoms with Gasteiger partial charge in [0.25, 0.3) is 0 Å². The van der Waals surface area contributed by atoms with Crippen molar-refractivity contribution in [1.82, 2.24) is 14.9 Å². The van der Waals surface area contributed by atoms with E-state index in [1.165, 1.54) is 5.56 Å². The Morgan fingerprint density at radius 2 is 1.92 bits per heavy atom. The van der Waals surface area contributed by atoms with Crippen LogP contribution < -0.4 is 14.8 Å². The summed E-state index contributed by atoms with van der Waals surface area (Å²) in [6.07, 6.45) is 4.83. The van der Waals surface area contributed by atoms with Gasteiger partial charge in [0.1, 0.15) is 11.4 Å². The number of piperidine rings is 1. The van der Waals surface area contributed by atoms with Crippen LogP contribution in [0.1, 0.15) is 42.4 Å². The number of methoxy groups -OCH3 is 1. The minimum absolute atomic E-state index is 0. The molecule has 3 N–H and O–H groups in total. The van der Waals surface area contributed by atoms with E-state index in [2.05, 4.69) is 21.0 Å². The number of halogens is 3. The van der Waals surface area contributed by atoms with Gasteiger partial charge in [-0.3, -0.25) is 0 Å². The number of aryl methyl sites for hydroxylation is 1. The molecule has 0 radical (unpaired) electrons. The monoisotopic (exact) mass is 607 g/mol. The van der Waals surface area contributed by atoms with Gasteiger partial charge in [0.05, 0.1) is 12.0 Å². The van der Waals surface area contributed by atoms with Crippen molar-refractivity contribution in [3.63, 3.8) is 0 Å². The third-order valence-electron chi connectivity index (χ3n) is 7.64. The summed E-state index contributed by atoms with van der Waals surface area (Å²) < 4.78 is 33.4. The molecule has 214 valence electrons. The van der Waals surface area contributed by atoms with Crippen molar-refractivity contribution in [3.05, 3.63) is 58.1 Å². The molecule has 1 fully saturated rings. The number of aliphatic hydroxyl groups is 1. The highest BCUT2D eigenvalue weighted by Crippen LogP contribution is 2.37. The van der Waals surface area contributed by atoms with E-state index < -0.39 is 15.6 Å². The van der Waals surface area contributed by atoms with Gasteiger partial charge in [-0.1, -0.05) is 23.7 Å². The molecule has 1 atom stereocenters. The lowest BCUT2D eigenvalue weighted by Crippen LogP contribution is -2.44. The normalized spacial score (nSPS) is 20.2. The van der Waals surface area contributed by atoms with E-state index >= 15 is 0 Å². The van der Waals surface area contributed by atoms with E-state index in [-0.39, 0.29) is 29.7 Å². The first-order valence-corrected chi connectivity index (χ1v) is 14.7. The number of hydrogen-bond donors (Lipinski definition) is 3. The van der Waals surface area contributed by atoms with Crippen LogP contribution in [0.15, 0.2) is 41.3 Å². The highest BCUT2D eigenvalue weighted by Gasteiger charge is 2.34. The first-order chi connectivity index (χ1) is 17.2. The van der Waals surface area contributed by atoms with Gasteiger partial charge in [-0.25, -0.2) is 13.1 Å². The van der Waals surface area contributed by atoms with Crippen LogP contribution in [0.25, 0.3) is 0 Å². The predicted octanol–water partition coefficient (Wildman–Crippen LogP) is 4.30. The van der Waals surface area contributed by atoms with Crippen molar-refractivity contribution < 1.29 is 18.3 Å². The maximum absolute atomic E-state index is 12.7. The molecule has 1 saturated heterocycles. The van der Waals surface area contributed by atoms with Crippen molar-refractivity contribution in [2.45, 2.75) is 49.5 Å². The quantitative estimate of drug-likeness (QED) is 0.373. The lowest BCUT2D eigenvalue weighted by molar-refractivity contribution is 0.0175. The number of ether oxygens (including phenoxy) is 1. The maximum Gasteiger partial charge on any atom is 0.240 e. The van der Waals surface area contributed by atoms with Crippen LogP contribution in [-0.2, 0) is 22.0 Å². The Labute approximate surface area is 244 Å². The molecule has 1 aliphatic heterocycles. The van der Waals surface area contributed by atoms with Crippen molar-refractivity contribution in [1.29, 1.82) is 0 Å². The average molecular weight is 609 g/mol. The first kappa shape index (κ1) is 33.1. The summed E-state index contributed by atoms with van der Waals surface area (Å²) in [6.45, 7) is 6.06. The fourth-order valence-electron chi connectivity index (χ4n) is 5.42. The summed E-state index contributed by atoms with van der Waals surface area (Å²) in [5, 5.41) is 15.4. The standard InChI is InChI=1S/C27H38ClN3O4S.2ClH/c1-20-25(28)6-3-7-26(20)36(33,34)30-13-16-31-14-10-21(11-15-31)18-29-19-27(32)12-4-5-22-8-9-23(35-2)17-24(22)27;;/h3,6-9,17,21,29-30,32H,4-5,10-16,18-19H2,1-2H3;2*1H. The van der Waals surface area contributed by atoms with E-state index in [1.807, 2.05) is 12.1 Å². The molecule has 0 saturated carbocycles. The molecule has 0 bridgehead atoms. The third-order valence-corrected chi connectivity index (χ3v) is 9.66. The summed E-state index contributed by atoms with van der Waals surface area (Å²) in [5.74, 6) is 1.33. The minimum Gasteiger partial charge on any atom is -0.497 e. The maximum atomic E-state index is 12.7. The summed E-state index contributed by atoms with van der Waals surface area (Å²) in [6, 6.07) is 11.0. The molecule has 7 nitrogen and oxygen atoms in total. The lowest BCUT2D eigenvalue weighted by Gasteiger charge is -2.36. The Balaban J connectivity index is 0.00000253. The molecule has 4 rings (SSSR count). The smallest absolute Gasteiger partial charge is 0.240 e. The molecule has 0 aromatic heterocycles. The topological polar surface area (TPSA) is 90.9 Å². The van der Waals surface area contributed by atoms with Gasteiger partial charge in [-0.15, -0.1) is 24.8 Å². The zero-order valence-corrected chi connectivity index (χ0v) is 25.2. The molecule has 1 unspecified atom stereocenters. The van der Waals surface area contributed by atoms with Crippen LogP contribution in [0.5, 0.6) is 5.75 Å². The van der Waals surface area contributed by atoms with Crippen LogP contribution in [-0.4, -0.2) is 64.8 Å². The fourth-order valence-corrected chi connectivity index (χ4v) is 6.93. The summed E-state index contributed by atoms with van der Waals surface area (Å²) in [4.78, 5) is 2.54. The lowest BCUT2D eigenvalue weighted by atomic mass is 9.79. The number of nitrogens with one attached hydrogen (secondary N) is 2. The highest BCUT2D eigenvalue weighted by molar-refractivity contribution is 7.89. The molecule has 0 amide bonds. The summed E-state index contributed by atoms with van der Waals surface area (Å²) in [5.41, 5.74) is 1.91. The van der Waals surface area contributed by atoms with Gasteiger partial charge in [-0.2, -0.15) is 0 Å². The van der Waals surface area contributed by atoms with Crippen molar-refractivity contribution >= 4 is 46.4 Å². The molecule has 11 heteroatoms. The Morgan fingerprint density at radius 3 is 2.63 bits per heavy atom. The van der Waals surface area contributed by atoms with E-state index in [0.29, 0.717) is 36.1 Å². The average Bonchev–Trinajstić information content (AvgIpc) is 2.86. The van der Waals surface area contributed by atoms with Crippen LogP contribution in [0.3, 0.4) is 0 Å². The number of sulfonamides is 1. The number of likely N-dealkylation sites (tertiary alicyclic amines) is 1. The van der Waals surface area contributed by atoms with Crippen molar-refractivity contribution in [2.24, 2.45) is 5.92 Å². The van der Waals surface area contributed by atoms with E-state index in [0.717, 1.165) is 63.1 Å². The van der Waals surface area contributed by atoms with E-state index in [4.69, 9.17) is 16.3 Å². The second-order valence-electron chi connectivity index (χ2n) is 10.1. The number of fused-ring (bicyclic) bond motifs is 1. The molecule has 2 aromatic carbocycles. The summed E-state index contributed by atoms with van der Waals surface area (Å²) in [7, 11) is -1.93. The number of nitrogens with zero attached hydrogens (tertiary/aromatic N) is 1. The molecular formula is C27H40Cl3N3O4S. The largest absolute Gasteiger partial charge is 0.497 e. The Kier molecular flexibility index (Phi) is 12.6. The molecule has 1 heterocycles. The van der Waals surface area contributed by atoms with Gasteiger partial charge >= 0.3 is 0 Å². The Morgan fingerprint density at radius 1 is 1.18 bits per heavy atom. The Hall–Kier alpha value is -1.10. The van der Waals surface area contributed by atoms with E-state index in [9.17, 15) is 13.5 Å². The van der Waals surface area contributed by atoms with Gasteiger partial charge < -0.3 is 20.1 Å². The first-order valence-electron chi connectivity index (χ1n) is 12.8. The SMILES string of the molecule is COc1ccc2c(c1)C(O)(CNCC1CCN(CCNS(=O)(=O)c3cccc(Cl)c3C)CC1)CCC2.Cl.Cl. The molecule has 1 aliphatic carbocycles. The Bertz CT molecular complexity index is 1160. The van der Waals surface area contributed by atoms with Gasteiger partial charge in [-0.05, 0) is 106 Å². The second-order valence-corrected chi connectivity index (χ2v) is 12.2. The summed E-state index contributed by atoms with van der Waals surface area (Å²) >= 11 is 6.09. The van der Waals surface area contributed by atoms with Crippen molar-refractivity contribution in [3.8, 4) is 5.75 Å². The van der Waals surface area contributed by atoms with Crippen LogP contribution in [0, 0.1) is 12.8 Å². The van der Waals surface area contributed by atoms with Crippen LogP contribution >= 0.6 is 36.4 Å². The van der Waals surface area contributed by atoms with Crippen molar-refractivity contribution in [2.75, 3.05) is 46.4 Å². The number of rotatable bonds is 10. The number of benzene rings is 2. The van der Waals surface area contributed by atoms with Gasteiger partial charge in [0.15, 0.2) is 0 Å². The molecular weight excluding hydrogens is 569 g/mol. The zero-order chi connectivity index (χ0) is 25.8. The molecule has 2 aliphatic rings. The van der Waals surface area contributed by atoms with E-state index in [1.54, 1.807) is 32.2 Å². The van der Waals surface area contributed by atoms with Gasteiger partial charge in [0, 0.05) is 24.7 Å². The fraction of sp³-hybridized carbons (Fsp3) is 0.556. The van der Waals surface area contributed by atoms with Crippen LogP contribution in [0.4, 0.5) is 0 Å². The second kappa shape index (κ2) is 14.5. The molecule has 2 aromatic rings. The number of hydrogen-bond acceptors (Lipinski definition) is 6. The predicted molar refractivity (Wildman–Crippen MR) is 158 cm³/mol. The minimum atomic E-state index is -3.58. The molecule has 38 heavy (non-hydrogen) atoms. The molecule has 0 spiro atoms. The third kappa shape index (κ3) is 7.98. The van der Waals surface area contributed by atoms with Crippen LogP contribution in [0.2, 0.25) is 5.02 Å². The highest BCUT2D eigenvalue weighted by atomic mass is 35.5. The zero-order valence-electron chi connectivity index (χ0n) is 22.0.